The first-order chi connectivity index (χ1) is 14.7. The quantitative estimate of drug-likeness (QED) is 0.726. The average molecular weight is 444 g/mol. The van der Waals surface area contributed by atoms with Crippen molar-refractivity contribution in [1.29, 1.82) is 0 Å². The standard InChI is InChI=1S/C23H29N3O4S/c1-17-14-26(18(2)16-27)31(28,29)23-11-9-19(8-10-20-7-5-6-12-24-20)13-21(23)30-22(17)15-25(3)4/h5-7,9,11-13,17-18,22,27H,14-16H2,1-4H3/t17-,18+,22+/m1/s1. The van der Waals surface area contributed by atoms with Crippen molar-refractivity contribution >= 4 is 10.0 Å². The Morgan fingerprint density at radius 2 is 2.06 bits per heavy atom. The van der Waals surface area contributed by atoms with Crippen LogP contribution in [0.25, 0.3) is 0 Å². The molecule has 166 valence electrons. The van der Waals surface area contributed by atoms with E-state index in [4.69, 9.17) is 4.74 Å². The van der Waals surface area contributed by atoms with Gasteiger partial charge in [-0.05, 0) is 57.3 Å². The number of aliphatic hydroxyl groups is 1. The summed E-state index contributed by atoms with van der Waals surface area (Å²) in [7, 11) is 0.0590. The third kappa shape index (κ3) is 5.43. The molecule has 0 unspecified atom stereocenters. The lowest BCUT2D eigenvalue weighted by atomic mass is 10.0. The van der Waals surface area contributed by atoms with Crippen molar-refractivity contribution in [3.63, 3.8) is 0 Å². The second-order valence-corrected chi connectivity index (χ2v) is 9.99. The number of fused-ring (bicyclic) bond motifs is 1. The number of likely N-dealkylation sites (N-methyl/N-ethyl adjacent to an activating group) is 1. The Balaban J connectivity index is 2.08. The molecule has 3 atom stereocenters. The van der Waals surface area contributed by atoms with Crippen LogP contribution in [0.4, 0.5) is 0 Å². The predicted molar refractivity (Wildman–Crippen MR) is 119 cm³/mol. The Hall–Kier alpha value is -2.44. The van der Waals surface area contributed by atoms with Crippen LogP contribution < -0.4 is 4.74 Å². The van der Waals surface area contributed by atoms with Gasteiger partial charge in [0.05, 0.1) is 6.61 Å². The van der Waals surface area contributed by atoms with Crippen molar-refractivity contribution < 1.29 is 18.3 Å². The average Bonchev–Trinajstić information content (AvgIpc) is 2.74. The molecule has 0 saturated carbocycles. The SMILES string of the molecule is C[C@@H]1CN([C@@H](C)CO)S(=O)(=O)c2ccc(C#Cc3ccccn3)cc2O[C@H]1CN(C)C. The minimum absolute atomic E-state index is 0.0809. The molecule has 0 saturated heterocycles. The van der Waals surface area contributed by atoms with Crippen LogP contribution in [0.1, 0.15) is 25.1 Å². The second-order valence-electron chi connectivity index (χ2n) is 8.13. The Morgan fingerprint density at radius 3 is 2.71 bits per heavy atom. The molecular formula is C23H29N3O4S. The summed E-state index contributed by atoms with van der Waals surface area (Å²) in [5, 5.41) is 9.68. The van der Waals surface area contributed by atoms with Gasteiger partial charge in [-0.25, -0.2) is 13.4 Å². The number of aromatic nitrogens is 1. The maximum atomic E-state index is 13.4. The summed E-state index contributed by atoms with van der Waals surface area (Å²) >= 11 is 0. The molecule has 1 aliphatic rings. The first kappa shape index (κ1) is 23.2. The third-order valence-corrected chi connectivity index (χ3v) is 7.23. The highest BCUT2D eigenvalue weighted by Gasteiger charge is 2.37. The molecule has 1 N–H and O–H groups in total. The van der Waals surface area contributed by atoms with E-state index in [1.807, 2.05) is 44.1 Å². The number of sulfonamides is 1. The lowest BCUT2D eigenvalue weighted by Gasteiger charge is -2.37. The molecule has 2 heterocycles. The summed E-state index contributed by atoms with van der Waals surface area (Å²) in [5.41, 5.74) is 1.27. The summed E-state index contributed by atoms with van der Waals surface area (Å²) in [5.74, 6) is 6.22. The van der Waals surface area contributed by atoms with Crippen LogP contribution in [0.3, 0.4) is 0 Å². The number of rotatable bonds is 4. The molecule has 0 fully saturated rings. The lowest BCUT2D eigenvalue weighted by molar-refractivity contribution is 0.0812. The molecule has 31 heavy (non-hydrogen) atoms. The molecule has 0 radical (unpaired) electrons. The fourth-order valence-corrected chi connectivity index (χ4v) is 5.28. The molecule has 0 spiro atoms. The van der Waals surface area contributed by atoms with Crippen LogP contribution in [0.5, 0.6) is 5.75 Å². The van der Waals surface area contributed by atoms with Crippen molar-refractivity contribution in [2.75, 3.05) is 33.8 Å². The van der Waals surface area contributed by atoms with E-state index >= 15 is 0 Å². The Labute approximate surface area is 184 Å². The number of hydrogen-bond donors (Lipinski definition) is 1. The van der Waals surface area contributed by atoms with E-state index in [-0.39, 0.29) is 35.8 Å². The van der Waals surface area contributed by atoms with Crippen LogP contribution in [-0.2, 0) is 10.0 Å². The maximum absolute atomic E-state index is 13.4. The van der Waals surface area contributed by atoms with Gasteiger partial charge in [0.2, 0.25) is 10.0 Å². The van der Waals surface area contributed by atoms with Gasteiger partial charge < -0.3 is 14.7 Å². The molecule has 2 aromatic rings. The lowest BCUT2D eigenvalue weighted by Crippen LogP contribution is -2.49. The molecule has 1 aromatic carbocycles. The van der Waals surface area contributed by atoms with Gasteiger partial charge in [0.15, 0.2) is 0 Å². The molecular weight excluding hydrogens is 414 g/mol. The van der Waals surface area contributed by atoms with Gasteiger partial charge in [-0.2, -0.15) is 4.31 Å². The third-order valence-electron chi connectivity index (χ3n) is 5.21. The number of benzene rings is 1. The van der Waals surface area contributed by atoms with Crippen molar-refractivity contribution in [2.45, 2.75) is 30.9 Å². The predicted octanol–water partition coefficient (Wildman–Crippen LogP) is 1.81. The zero-order valence-corrected chi connectivity index (χ0v) is 19.1. The van der Waals surface area contributed by atoms with Crippen LogP contribution in [0.2, 0.25) is 0 Å². The van der Waals surface area contributed by atoms with E-state index in [0.29, 0.717) is 17.8 Å². The van der Waals surface area contributed by atoms with Crippen molar-refractivity contribution in [3.8, 4) is 17.6 Å². The van der Waals surface area contributed by atoms with Gasteiger partial charge in [0.25, 0.3) is 0 Å². The fraction of sp³-hybridized carbons (Fsp3) is 0.435. The number of aliphatic hydroxyl groups excluding tert-OH is 1. The Morgan fingerprint density at radius 1 is 1.29 bits per heavy atom. The number of nitrogens with zero attached hydrogens (tertiary/aromatic N) is 3. The topological polar surface area (TPSA) is 83.0 Å². The number of ether oxygens (including phenoxy) is 1. The molecule has 8 heteroatoms. The van der Waals surface area contributed by atoms with Crippen LogP contribution in [0, 0.1) is 17.8 Å². The largest absolute Gasteiger partial charge is 0.487 e. The zero-order valence-electron chi connectivity index (χ0n) is 18.3. The highest BCUT2D eigenvalue weighted by molar-refractivity contribution is 7.89. The number of pyridine rings is 1. The fourth-order valence-electron chi connectivity index (χ4n) is 3.45. The molecule has 3 rings (SSSR count). The summed E-state index contributed by atoms with van der Waals surface area (Å²) in [6.07, 6.45) is 1.45. The van der Waals surface area contributed by atoms with E-state index in [2.05, 4.69) is 16.8 Å². The zero-order chi connectivity index (χ0) is 22.6. The first-order valence-corrected chi connectivity index (χ1v) is 11.7. The van der Waals surface area contributed by atoms with Crippen molar-refractivity contribution in [3.05, 3.63) is 53.9 Å². The highest BCUT2D eigenvalue weighted by Crippen LogP contribution is 2.34. The van der Waals surface area contributed by atoms with Crippen LogP contribution >= 0.6 is 0 Å². The van der Waals surface area contributed by atoms with Crippen molar-refractivity contribution in [2.24, 2.45) is 5.92 Å². The molecule has 1 aromatic heterocycles. The summed E-state index contributed by atoms with van der Waals surface area (Å²) in [6, 6.07) is 9.83. The van der Waals surface area contributed by atoms with Crippen LogP contribution in [0.15, 0.2) is 47.5 Å². The molecule has 0 bridgehead atoms. The normalized spacial score (nSPS) is 21.7. The minimum atomic E-state index is -3.85. The summed E-state index contributed by atoms with van der Waals surface area (Å²) < 4.78 is 34.5. The highest BCUT2D eigenvalue weighted by atomic mass is 32.2. The van der Waals surface area contributed by atoms with Gasteiger partial charge >= 0.3 is 0 Å². The van der Waals surface area contributed by atoms with E-state index in [0.717, 1.165) is 0 Å². The van der Waals surface area contributed by atoms with E-state index < -0.39 is 16.1 Å². The van der Waals surface area contributed by atoms with E-state index in [1.54, 1.807) is 25.3 Å². The van der Waals surface area contributed by atoms with Gasteiger partial charge in [0.1, 0.15) is 22.4 Å². The Bertz CT molecular complexity index is 1060. The monoisotopic (exact) mass is 443 g/mol. The second kappa shape index (κ2) is 9.79. The maximum Gasteiger partial charge on any atom is 0.247 e. The summed E-state index contributed by atoms with van der Waals surface area (Å²) in [6.45, 7) is 4.32. The van der Waals surface area contributed by atoms with Gasteiger partial charge in [0, 0.05) is 36.8 Å². The molecule has 1 aliphatic heterocycles. The van der Waals surface area contributed by atoms with E-state index in [9.17, 15) is 13.5 Å². The first-order valence-electron chi connectivity index (χ1n) is 10.2. The van der Waals surface area contributed by atoms with Gasteiger partial charge in [-0.15, -0.1) is 0 Å². The number of hydrogen-bond acceptors (Lipinski definition) is 6. The molecule has 7 nitrogen and oxygen atoms in total. The Kier molecular flexibility index (Phi) is 7.34. The molecule has 0 aliphatic carbocycles. The van der Waals surface area contributed by atoms with Crippen LogP contribution in [-0.4, -0.2) is 73.7 Å². The summed E-state index contributed by atoms with van der Waals surface area (Å²) in [4.78, 5) is 6.29. The van der Waals surface area contributed by atoms with E-state index in [1.165, 1.54) is 10.4 Å². The smallest absolute Gasteiger partial charge is 0.247 e. The molecule has 0 amide bonds. The van der Waals surface area contributed by atoms with Crippen molar-refractivity contribution in [1.82, 2.24) is 14.2 Å². The van der Waals surface area contributed by atoms with Gasteiger partial charge in [-0.3, -0.25) is 0 Å². The van der Waals surface area contributed by atoms with Gasteiger partial charge in [-0.1, -0.05) is 18.9 Å². The minimum Gasteiger partial charge on any atom is -0.487 e.